The van der Waals surface area contributed by atoms with Gasteiger partial charge in [-0.25, -0.2) is 4.98 Å². The third kappa shape index (κ3) is 4.33. The zero-order chi connectivity index (χ0) is 17.8. The molecule has 1 atom stereocenters. The average Bonchev–Trinajstić information content (AvgIpc) is 2.96. The summed E-state index contributed by atoms with van der Waals surface area (Å²) in [5.41, 5.74) is 1.42. The normalized spacial score (nSPS) is 11.8. The molecular formula is C18H17N3O3S. The van der Waals surface area contributed by atoms with Gasteiger partial charge in [0.05, 0.1) is 10.2 Å². The molecule has 0 aliphatic carbocycles. The molecule has 128 valence electrons. The number of nitrogens with one attached hydrogen (secondary N) is 2. The molecule has 0 bridgehead atoms. The van der Waals surface area contributed by atoms with Gasteiger partial charge in [0.2, 0.25) is 5.91 Å². The number of aromatic nitrogens is 1. The Morgan fingerprint density at radius 1 is 1.12 bits per heavy atom. The lowest BCUT2D eigenvalue weighted by atomic mass is 10.2. The number of rotatable bonds is 5. The quantitative estimate of drug-likeness (QED) is 0.732. The van der Waals surface area contributed by atoms with Crippen LogP contribution in [0.25, 0.3) is 10.2 Å². The van der Waals surface area contributed by atoms with Gasteiger partial charge >= 0.3 is 0 Å². The molecule has 2 amide bonds. The van der Waals surface area contributed by atoms with Crippen LogP contribution in [0.4, 0.5) is 10.8 Å². The summed E-state index contributed by atoms with van der Waals surface area (Å²) in [7, 11) is 0. The zero-order valence-electron chi connectivity index (χ0n) is 13.8. The first-order valence-electron chi connectivity index (χ1n) is 7.72. The number of thiazole rings is 1. The van der Waals surface area contributed by atoms with E-state index in [1.165, 1.54) is 18.3 Å². The Morgan fingerprint density at radius 3 is 2.60 bits per heavy atom. The molecule has 2 N–H and O–H groups in total. The van der Waals surface area contributed by atoms with Gasteiger partial charge in [-0.15, -0.1) is 0 Å². The Morgan fingerprint density at radius 2 is 1.88 bits per heavy atom. The van der Waals surface area contributed by atoms with Crippen LogP contribution in [-0.4, -0.2) is 22.9 Å². The molecule has 0 aliphatic heterocycles. The maximum atomic E-state index is 12.3. The van der Waals surface area contributed by atoms with Crippen LogP contribution in [-0.2, 0) is 9.59 Å². The SMILES string of the molecule is CC(=O)Nc1nc2ccc(NC(=O)[C@@H](C)Oc3ccccc3)cc2s1. The lowest BCUT2D eigenvalue weighted by Crippen LogP contribution is -2.30. The summed E-state index contributed by atoms with van der Waals surface area (Å²) < 4.78 is 6.49. The highest BCUT2D eigenvalue weighted by Gasteiger charge is 2.15. The molecule has 0 saturated heterocycles. The van der Waals surface area contributed by atoms with Crippen LogP contribution in [0.15, 0.2) is 48.5 Å². The van der Waals surface area contributed by atoms with E-state index >= 15 is 0 Å². The maximum absolute atomic E-state index is 12.3. The topological polar surface area (TPSA) is 80.3 Å². The minimum Gasteiger partial charge on any atom is -0.481 e. The third-order valence-corrected chi connectivity index (χ3v) is 4.30. The highest BCUT2D eigenvalue weighted by molar-refractivity contribution is 7.22. The minimum atomic E-state index is -0.630. The molecule has 6 nitrogen and oxygen atoms in total. The molecule has 0 saturated carbocycles. The standard InChI is InChI=1S/C18H17N3O3S/c1-11(24-14-6-4-3-5-7-14)17(23)20-13-8-9-15-16(10-13)25-18(21-15)19-12(2)22/h3-11H,1-2H3,(H,20,23)(H,19,21,22)/t11-/m1/s1. The predicted octanol–water partition coefficient (Wildman–Crippen LogP) is 3.66. The summed E-state index contributed by atoms with van der Waals surface area (Å²) in [6.07, 6.45) is -0.630. The van der Waals surface area contributed by atoms with Crippen molar-refractivity contribution in [2.45, 2.75) is 20.0 Å². The zero-order valence-corrected chi connectivity index (χ0v) is 14.6. The van der Waals surface area contributed by atoms with E-state index in [1.54, 1.807) is 31.2 Å². The molecule has 0 fully saturated rings. The Bertz CT molecular complexity index is 908. The van der Waals surface area contributed by atoms with Gasteiger partial charge in [0.25, 0.3) is 5.91 Å². The van der Waals surface area contributed by atoms with Gasteiger partial charge in [-0.3, -0.25) is 9.59 Å². The number of carbonyl (C=O) groups excluding carboxylic acids is 2. The first kappa shape index (κ1) is 16.9. The van der Waals surface area contributed by atoms with E-state index in [0.717, 1.165) is 10.2 Å². The maximum Gasteiger partial charge on any atom is 0.265 e. The molecule has 1 aromatic heterocycles. The number of ether oxygens (including phenoxy) is 1. The fourth-order valence-electron chi connectivity index (χ4n) is 2.21. The second-order valence-electron chi connectivity index (χ2n) is 5.45. The number of anilines is 2. The van der Waals surface area contributed by atoms with Crippen LogP contribution in [0.5, 0.6) is 5.75 Å². The summed E-state index contributed by atoms with van der Waals surface area (Å²) in [6, 6.07) is 14.6. The average molecular weight is 355 g/mol. The molecule has 0 radical (unpaired) electrons. The molecular weight excluding hydrogens is 338 g/mol. The molecule has 3 rings (SSSR count). The highest BCUT2D eigenvalue weighted by Crippen LogP contribution is 2.28. The number of amides is 2. The number of fused-ring (bicyclic) bond motifs is 1. The largest absolute Gasteiger partial charge is 0.481 e. The van der Waals surface area contributed by atoms with E-state index in [9.17, 15) is 9.59 Å². The van der Waals surface area contributed by atoms with Crippen molar-refractivity contribution < 1.29 is 14.3 Å². The van der Waals surface area contributed by atoms with Crippen molar-refractivity contribution in [1.29, 1.82) is 0 Å². The summed E-state index contributed by atoms with van der Waals surface area (Å²) in [6.45, 7) is 3.13. The van der Waals surface area contributed by atoms with Crippen LogP contribution in [0.2, 0.25) is 0 Å². The second-order valence-corrected chi connectivity index (χ2v) is 6.48. The van der Waals surface area contributed by atoms with Crippen LogP contribution in [0, 0.1) is 0 Å². The number of carbonyl (C=O) groups is 2. The van der Waals surface area contributed by atoms with Crippen LogP contribution in [0.1, 0.15) is 13.8 Å². The molecule has 25 heavy (non-hydrogen) atoms. The van der Waals surface area contributed by atoms with Gasteiger partial charge in [-0.2, -0.15) is 0 Å². The smallest absolute Gasteiger partial charge is 0.265 e. The van der Waals surface area contributed by atoms with Gasteiger partial charge in [-0.05, 0) is 37.3 Å². The van der Waals surface area contributed by atoms with Crippen molar-refractivity contribution >= 4 is 44.2 Å². The summed E-state index contributed by atoms with van der Waals surface area (Å²) in [5.74, 6) is 0.234. The summed E-state index contributed by atoms with van der Waals surface area (Å²) >= 11 is 1.35. The molecule has 1 heterocycles. The van der Waals surface area contributed by atoms with E-state index < -0.39 is 6.10 Å². The fraction of sp³-hybridized carbons (Fsp3) is 0.167. The van der Waals surface area contributed by atoms with Gasteiger partial charge < -0.3 is 15.4 Å². The summed E-state index contributed by atoms with van der Waals surface area (Å²) in [5, 5.41) is 6.03. The van der Waals surface area contributed by atoms with E-state index in [4.69, 9.17) is 4.74 Å². The number of para-hydroxylation sites is 1. The van der Waals surface area contributed by atoms with Gasteiger partial charge in [0.15, 0.2) is 11.2 Å². The van der Waals surface area contributed by atoms with E-state index in [2.05, 4.69) is 15.6 Å². The van der Waals surface area contributed by atoms with Crippen LogP contribution in [0.3, 0.4) is 0 Å². The monoisotopic (exact) mass is 355 g/mol. The van der Waals surface area contributed by atoms with Gasteiger partial charge in [0.1, 0.15) is 5.75 Å². The van der Waals surface area contributed by atoms with E-state index in [0.29, 0.717) is 16.6 Å². The lowest BCUT2D eigenvalue weighted by molar-refractivity contribution is -0.122. The van der Waals surface area contributed by atoms with Crippen LogP contribution >= 0.6 is 11.3 Å². The van der Waals surface area contributed by atoms with Crippen molar-refractivity contribution in [3.63, 3.8) is 0 Å². The molecule has 2 aromatic carbocycles. The minimum absolute atomic E-state index is 0.167. The predicted molar refractivity (Wildman–Crippen MR) is 99.1 cm³/mol. The van der Waals surface area contributed by atoms with Gasteiger partial charge in [-0.1, -0.05) is 29.5 Å². The molecule has 0 spiro atoms. The first-order chi connectivity index (χ1) is 12.0. The Balaban J connectivity index is 1.69. The van der Waals surface area contributed by atoms with Crippen molar-refractivity contribution in [1.82, 2.24) is 4.98 Å². The Kier molecular flexibility index (Phi) is 4.95. The fourth-order valence-corrected chi connectivity index (χ4v) is 3.16. The molecule has 0 unspecified atom stereocenters. The number of hydrogen-bond donors (Lipinski definition) is 2. The Hall–Kier alpha value is -2.93. The van der Waals surface area contributed by atoms with Crippen molar-refractivity contribution in [2.24, 2.45) is 0 Å². The number of nitrogens with zero attached hydrogens (tertiary/aromatic N) is 1. The number of benzene rings is 2. The van der Waals surface area contributed by atoms with E-state index in [1.807, 2.05) is 24.3 Å². The number of hydrogen-bond acceptors (Lipinski definition) is 5. The van der Waals surface area contributed by atoms with Crippen molar-refractivity contribution in [2.75, 3.05) is 10.6 Å². The van der Waals surface area contributed by atoms with E-state index in [-0.39, 0.29) is 11.8 Å². The van der Waals surface area contributed by atoms with Crippen molar-refractivity contribution in [3.05, 3.63) is 48.5 Å². The highest BCUT2D eigenvalue weighted by atomic mass is 32.1. The first-order valence-corrected chi connectivity index (χ1v) is 8.53. The molecule has 0 aliphatic rings. The molecule has 7 heteroatoms. The lowest BCUT2D eigenvalue weighted by Gasteiger charge is -2.14. The van der Waals surface area contributed by atoms with Crippen molar-refractivity contribution in [3.8, 4) is 5.75 Å². The Labute approximate surface area is 148 Å². The molecule has 3 aromatic rings. The van der Waals surface area contributed by atoms with Crippen LogP contribution < -0.4 is 15.4 Å². The third-order valence-electron chi connectivity index (χ3n) is 3.36. The van der Waals surface area contributed by atoms with Gasteiger partial charge in [0, 0.05) is 12.6 Å². The summed E-state index contributed by atoms with van der Waals surface area (Å²) in [4.78, 5) is 27.7. The second kappa shape index (κ2) is 7.31.